The first kappa shape index (κ1) is 28.2. The van der Waals surface area contributed by atoms with Crippen molar-refractivity contribution in [1.29, 1.82) is 0 Å². The average Bonchev–Trinajstić information content (AvgIpc) is 3.20. The third-order valence-electron chi connectivity index (χ3n) is 7.56. The van der Waals surface area contributed by atoms with Crippen molar-refractivity contribution in [2.45, 2.75) is 84.7 Å². The van der Waals surface area contributed by atoms with Gasteiger partial charge >= 0.3 is 11.9 Å². The van der Waals surface area contributed by atoms with Crippen LogP contribution in [0.2, 0.25) is 0 Å². The Balaban J connectivity index is 2.14. The molecule has 3 aromatic carbocycles. The first-order chi connectivity index (χ1) is 18.7. The molecular weight excluding hydrogens is 492 g/mol. The number of ether oxygens (including phenoxy) is 1. The molecule has 1 aliphatic heterocycles. The monoisotopic (exact) mass is 530 g/mol. The van der Waals surface area contributed by atoms with Crippen LogP contribution in [0.5, 0.6) is 11.5 Å². The molecule has 0 spiro atoms. The van der Waals surface area contributed by atoms with Gasteiger partial charge < -0.3 is 20.1 Å². The van der Waals surface area contributed by atoms with E-state index in [9.17, 15) is 24.9 Å². The molecule has 0 fully saturated rings. The van der Waals surface area contributed by atoms with E-state index in [1.165, 1.54) is 12.1 Å². The van der Waals surface area contributed by atoms with Gasteiger partial charge in [0, 0.05) is 16.7 Å². The van der Waals surface area contributed by atoms with Crippen LogP contribution < -0.4 is 0 Å². The molecule has 0 saturated carbocycles. The second kappa shape index (κ2) is 11.5. The van der Waals surface area contributed by atoms with Crippen LogP contribution in [-0.4, -0.2) is 27.3 Å². The van der Waals surface area contributed by atoms with E-state index < -0.39 is 17.5 Å². The molecule has 3 N–H and O–H groups in total. The maximum Gasteiger partial charge on any atom is 0.340 e. The van der Waals surface area contributed by atoms with Crippen LogP contribution in [0.15, 0.2) is 42.5 Å². The lowest BCUT2D eigenvalue weighted by Crippen LogP contribution is -2.32. The molecule has 1 aliphatic rings. The highest BCUT2D eigenvalue weighted by molar-refractivity contribution is 5.99. The van der Waals surface area contributed by atoms with Gasteiger partial charge in [0.05, 0.1) is 11.1 Å². The number of carbonyl (C=O) groups excluding carboxylic acids is 1. The zero-order valence-corrected chi connectivity index (χ0v) is 23.3. The summed E-state index contributed by atoms with van der Waals surface area (Å²) in [4.78, 5) is 25.3. The van der Waals surface area contributed by atoms with E-state index >= 15 is 0 Å². The molecule has 0 amide bonds. The van der Waals surface area contributed by atoms with Gasteiger partial charge in [-0.2, -0.15) is 0 Å². The normalized spacial score (nSPS) is 13.8. The van der Waals surface area contributed by atoms with Crippen LogP contribution in [0.4, 0.5) is 0 Å². The van der Waals surface area contributed by atoms with Crippen LogP contribution in [0, 0.1) is 0 Å². The van der Waals surface area contributed by atoms with Gasteiger partial charge in [0.15, 0.2) is 5.60 Å². The lowest BCUT2D eigenvalue weighted by atomic mass is 9.74. The maximum absolute atomic E-state index is 13.5. The fourth-order valence-electron chi connectivity index (χ4n) is 5.86. The van der Waals surface area contributed by atoms with Gasteiger partial charge in [-0.05, 0) is 72.2 Å². The van der Waals surface area contributed by atoms with E-state index in [4.69, 9.17) is 4.74 Å². The van der Waals surface area contributed by atoms with Crippen LogP contribution in [0.3, 0.4) is 0 Å². The van der Waals surface area contributed by atoms with Crippen molar-refractivity contribution in [2.24, 2.45) is 0 Å². The van der Waals surface area contributed by atoms with Crippen molar-refractivity contribution in [3.05, 3.63) is 92.5 Å². The zero-order valence-electron chi connectivity index (χ0n) is 23.3. The van der Waals surface area contributed by atoms with Crippen molar-refractivity contribution in [1.82, 2.24) is 0 Å². The fraction of sp³-hybridized carbons (Fsp3) is 0.394. The molecule has 3 aromatic rings. The third kappa shape index (κ3) is 5.00. The summed E-state index contributed by atoms with van der Waals surface area (Å²) in [5.74, 6) is -1.51. The van der Waals surface area contributed by atoms with Crippen LogP contribution in [-0.2, 0) is 36.0 Å². The second-order valence-electron chi connectivity index (χ2n) is 10.4. The Morgan fingerprint density at radius 1 is 0.692 bits per heavy atom. The molecule has 0 radical (unpaired) electrons. The van der Waals surface area contributed by atoms with Gasteiger partial charge in [0.2, 0.25) is 0 Å². The minimum atomic E-state index is -1.46. The van der Waals surface area contributed by atoms with Crippen LogP contribution >= 0.6 is 0 Å². The molecule has 0 unspecified atom stereocenters. The Bertz CT molecular complexity index is 1340. The van der Waals surface area contributed by atoms with Crippen molar-refractivity contribution in [3.63, 3.8) is 0 Å². The largest absolute Gasteiger partial charge is 0.508 e. The molecule has 0 atom stereocenters. The SMILES string of the molecule is CCCc1cc(CCC)c(C2(c3cc(O)c(CCC)cc3CCC)OC(=O)c3cc(C(=O)O)ccc32)cc1O. The first-order valence-corrected chi connectivity index (χ1v) is 14.0. The Morgan fingerprint density at radius 3 is 1.59 bits per heavy atom. The Kier molecular flexibility index (Phi) is 8.34. The highest BCUT2D eigenvalue weighted by Gasteiger charge is 2.51. The molecule has 0 saturated heterocycles. The number of benzene rings is 3. The van der Waals surface area contributed by atoms with E-state index in [0.29, 0.717) is 42.4 Å². The lowest BCUT2D eigenvalue weighted by molar-refractivity contribution is 0.0245. The molecule has 206 valence electrons. The minimum Gasteiger partial charge on any atom is -0.508 e. The number of cyclic esters (lactones) is 1. The van der Waals surface area contributed by atoms with Crippen molar-refractivity contribution in [3.8, 4) is 11.5 Å². The number of carbonyl (C=O) groups is 2. The van der Waals surface area contributed by atoms with Crippen LogP contribution in [0.25, 0.3) is 0 Å². The Morgan fingerprint density at radius 2 is 1.15 bits per heavy atom. The number of aromatic carboxylic acids is 1. The smallest absolute Gasteiger partial charge is 0.340 e. The number of carboxylic acids is 1. The molecule has 0 aliphatic carbocycles. The minimum absolute atomic E-state index is 0.00801. The van der Waals surface area contributed by atoms with Crippen LogP contribution in [0.1, 0.15) is 113 Å². The molecule has 39 heavy (non-hydrogen) atoms. The lowest BCUT2D eigenvalue weighted by Gasteiger charge is -2.35. The Labute approximate surface area is 230 Å². The average molecular weight is 531 g/mol. The van der Waals surface area contributed by atoms with E-state index in [1.807, 2.05) is 12.1 Å². The molecular formula is C33H38O6. The second-order valence-corrected chi connectivity index (χ2v) is 10.4. The summed E-state index contributed by atoms with van der Waals surface area (Å²) < 4.78 is 6.36. The molecule has 0 aromatic heterocycles. The molecule has 6 heteroatoms. The highest BCUT2D eigenvalue weighted by Crippen LogP contribution is 2.51. The Hall–Kier alpha value is -3.80. The molecule has 1 heterocycles. The fourth-order valence-corrected chi connectivity index (χ4v) is 5.86. The van der Waals surface area contributed by atoms with Gasteiger partial charge in [0.1, 0.15) is 11.5 Å². The standard InChI is InChI=1S/C33H38O6/c1-5-9-20-15-22(11-7-3)29(34)18-27(20)33(26-14-13-24(31(36)37)17-25(26)32(38)39-33)28-19-30(35)23(12-8-4)16-21(28)10-6-2/h13-19,34-35H,5-12H2,1-4H3,(H,36,37). The summed E-state index contributed by atoms with van der Waals surface area (Å²) in [6.07, 6.45) is 6.21. The number of esters is 1. The number of fused-ring (bicyclic) bond motifs is 1. The number of rotatable bonds is 11. The van der Waals surface area contributed by atoms with Crippen molar-refractivity contribution in [2.75, 3.05) is 0 Å². The zero-order chi connectivity index (χ0) is 28.3. The topological polar surface area (TPSA) is 104 Å². The predicted octanol–water partition coefficient (Wildman–Crippen LogP) is 7.07. The van der Waals surface area contributed by atoms with E-state index in [-0.39, 0.29) is 22.6 Å². The van der Waals surface area contributed by atoms with E-state index in [1.54, 1.807) is 18.2 Å². The number of carboxylic acid groups (broad SMARTS) is 1. The number of aryl methyl sites for hydroxylation is 4. The summed E-state index contributed by atoms with van der Waals surface area (Å²) in [6, 6.07) is 11.9. The van der Waals surface area contributed by atoms with Gasteiger partial charge in [-0.15, -0.1) is 0 Å². The van der Waals surface area contributed by atoms with E-state index in [2.05, 4.69) is 27.7 Å². The maximum atomic E-state index is 13.5. The molecule has 6 nitrogen and oxygen atoms in total. The summed E-state index contributed by atoms with van der Waals surface area (Å²) >= 11 is 0. The van der Waals surface area contributed by atoms with Crippen molar-refractivity contribution < 1.29 is 29.6 Å². The number of phenols is 2. The van der Waals surface area contributed by atoms with Gasteiger partial charge in [-0.1, -0.05) is 71.6 Å². The number of hydrogen-bond donors (Lipinski definition) is 3. The quantitative estimate of drug-likeness (QED) is 0.229. The first-order valence-electron chi connectivity index (χ1n) is 14.0. The van der Waals surface area contributed by atoms with Crippen molar-refractivity contribution >= 4 is 11.9 Å². The third-order valence-corrected chi connectivity index (χ3v) is 7.56. The molecule has 0 bridgehead atoms. The summed E-state index contributed by atoms with van der Waals surface area (Å²) in [6.45, 7) is 8.26. The molecule has 4 rings (SSSR count). The number of hydrogen-bond acceptors (Lipinski definition) is 5. The van der Waals surface area contributed by atoms with E-state index in [0.717, 1.165) is 47.9 Å². The summed E-state index contributed by atoms with van der Waals surface area (Å²) in [5.41, 5.74) is 4.05. The highest BCUT2D eigenvalue weighted by atomic mass is 16.6. The van der Waals surface area contributed by atoms with Gasteiger partial charge in [-0.3, -0.25) is 0 Å². The summed E-state index contributed by atoms with van der Waals surface area (Å²) in [5, 5.41) is 31.9. The summed E-state index contributed by atoms with van der Waals surface area (Å²) in [7, 11) is 0. The number of phenolic OH excluding ortho intramolecular Hbond substituents is 2. The number of aromatic hydroxyl groups is 2. The van der Waals surface area contributed by atoms with Gasteiger partial charge in [0.25, 0.3) is 0 Å². The predicted molar refractivity (Wildman–Crippen MR) is 151 cm³/mol. The van der Waals surface area contributed by atoms with Gasteiger partial charge in [-0.25, -0.2) is 9.59 Å².